The Morgan fingerprint density at radius 1 is 1.42 bits per heavy atom. The van der Waals surface area contributed by atoms with Crippen molar-refractivity contribution in [1.29, 1.82) is 0 Å². The maximum Gasteiger partial charge on any atom is 0.238 e. The molecule has 0 bridgehead atoms. The van der Waals surface area contributed by atoms with Gasteiger partial charge in [-0.3, -0.25) is 9.69 Å². The number of hydrogen-bond donors (Lipinski definition) is 3. The SMILES string of the molecule is CNC(=O)C1CNCCN1Cc1ccc(CO)cc1. The number of piperazine rings is 1. The third-order valence-electron chi connectivity index (χ3n) is 3.49. The second-order valence-corrected chi connectivity index (χ2v) is 4.78. The number of hydrogen-bond acceptors (Lipinski definition) is 4. The molecule has 19 heavy (non-hydrogen) atoms. The van der Waals surface area contributed by atoms with Crippen molar-refractivity contribution in [3.8, 4) is 0 Å². The summed E-state index contributed by atoms with van der Waals surface area (Å²) in [5.74, 6) is 0.0548. The third-order valence-corrected chi connectivity index (χ3v) is 3.49. The second kappa shape index (κ2) is 6.65. The number of rotatable bonds is 4. The zero-order chi connectivity index (χ0) is 13.7. The summed E-state index contributed by atoms with van der Waals surface area (Å²) in [5.41, 5.74) is 2.07. The van der Waals surface area contributed by atoms with Gasteiger partial charge in [-0.2, -0.15) is 0 Å². The summed E-state index contributed by atoms with van der Waals surface area (Å²) in [5, 5.41) is 15.0. The van der Waals surface area contributed by atoms with Gasteiger partial charge in [0.15, 0.2) is 0 Å². The van der Waals surface area contributed by atoms with Crippen LogP contribution in [0.4, 0.5) is 0 Å². The van der Waals surface area contributed by atoms with Crippen molar-refractivity contribution >= 4 is 5.91 Å². The highest BCUT2D eigenvalue weighted by atomic mass is 16.3. The quantitative estimate of drug-likeness (QED) is 0.698. The van der Waals surface area contributed by atoms with Gasteiger partial charge in [-0.05, 0) is 11.1 Å². The number of nitrogens with zero attached hydrogens (tertiary/aromatic N) is 1. The molecular formula is C14H21N3O2. The van der Waals surface area contributed by atoms with Crippen LogP contribution in [0.5, 0.6) is 0 Å². The zero-order valence-corrected chi connectivity index (χ0v) is 11.2. The molecule has 1 amide bonds. The molecule has 0 radical (unpaired) electrons. The van der Waals surface area contributed by atoms with Crippen molar-refractivity contribution in [3.63, 3.8) is 0 Å². The van der Waals surface area contributed by atoms with Crippen molar-refractivity contribution in [3.05, 3.63) is 35.4 Å². The van der Waals surface area contributed by atoms with Gasteiger partial charge in [0.1, 0.15) is 6.04 Å². The van der Waals surface area contributed by atoms with E-state index in [1.54, 1.807) is 7.05 Å². The van der Waals surface area contributed by atoms with E-state index in [1.165, 1.54) is 0 Å². The summed E-state index contributed by atoms with van der Waals surface area (Å²) >= 11 is 0. The van der Waals surface area contributed by atoms with E-state index in [-0.39, 0.29) is 18.6 Å². The summed E-state index contributed by atoms with van der Waals surface area (Å²) in [4.78, 5) is 14.0. The number of carbonyl (C=O) groups is 1. The van der Waals surface area contributed by atoms with Crippen molar-refractivity contribution in [2.24, 2.45) is 0 Å². The highest BCUT2D eigenvalue weighted by molar-refractivity contribution is 5.81. The molecule has 0 spiro atoms. The Balaban J connectivity index is 2.03. The first-order chi connectivity index (χ1) is 9.24. The van der Waals surface area contributed by atoms with Gasteiger partial charge < -0.3 is 15.7 Å². The lowest BCUT2D eigenvalue weighted by Gasteiger charge is -2.34. The van der Waals surface area contributed by atoms with E-state index in [9.17, 15) is 4.79 Å². The summed E-state index contributed by atoms with van der Waals surface area (Å²) in [6.45, 7) is 3.27. The lowest BCUT2D eigenvalue weighted by Crippen LogP contribution is -2.56. The summed E-state index contributed by atoms with van der Waals surface area (Å²) in [6, 6.07) is 7.75. The van der Waals surface area contributed by atoms with Gasteiger partial charge >= 0.3 is 0 Å². The lowest BCUT2D eigenvalue weighted by atomic mass is 10.1. The van der Waals surface area contributed by atoms with Crippen LogP contribution in [0.3, 0.4) is 0 Å². The van der Waals surface area contributed by atoms with E-state index in [1.807, 2.05) is 24.3 Å². The highest BCUT2D eigenvalue weighted by Gasteiger charge is 2.27. The molecule has 5 nitrogen and oxygen atoms in total. The van der Waals surface area contributed by atoms with Crippen LogP contribution in [-0.4, -0.2) is 48.6 Å². The topological polar surface area (TPSA) is 64.6 Å². The van der Waals surface area contributed by atoms with E-state index in [0.29, 0.717) is 6.54 Å². The largest absolute Gasteiger partial charge is 0.392 e. The smallest absolute Gasteiger partial charge is 0.238 e. The van der Waals surface area contributed by atoms with E-state index in [0.717, 1.165) is 30.8 Å². The molecule has 104 valence electrons. The molecule has 2 rings (SSSR count). The number of carbonyl (C=O) groups excluding carboxylic acids is 1. The fourth-order valence-electron chi connectivity index (χ4n) is 2.35. The first-order valence-corrected chi connectivity index (χ1v) is 6.59. The molecule has 0 aromatic heterocycles. The Kier molecular flexibility index (Phi) is 4.90. The van der Waals surface area contributed by atoms with Crippen molar-refractivity contribution < 1.29 is 9.90 Å². The van der Waals surface area contributed by atoms with Gasteiger partial charge in [0, 0.05) is 33.2 Å². The average molecular weight is 263 g/mol. The van der Waals surface area contributed by atoms with Crippen LogP contribution in [0.1, 0.15) is 11.1 Å². The number of benzene rings is 1. The monoisotopic (exact) mass is 263 g/mol. The maximum atomic E-state index is 11.8. The van der Waals surface area contributed by atoms with E-state index < -0.39 is 0 Å². The van der Waals surface area contributed by atoms with Crippen LogP contribution < -0.4 is 10.6 Å². The minimum absolute atomic E-state index is 0.0548. The van der Waals surface area contributed by atoms with Gasteiger partial charge in [0.05, 0.1) is 6.61 Å². The normalized spacial score (nSPS) is 20.2. The van der Waals surface area contributed by atoms with Crippen LogP contribution in [0.15, 0.2) is 24.3 Å². The molecule has 1 atom stereocenters. The van der Waals surface area contributed by atoms with Crippen LogP contribution in [0.2, 0.25) is 0 Å². The number of likely N-dealkylation sites (N-methyl/N-ethyl adjacent to an activating group) is 1. The fraction of sp³-hybridized carbons (Fsp3) is 0.500. The molecule has 1 aromatic rings. The predicted molar refractivity (Wildman–Crippen MR) is 73.5 cm³/mol. The van der Waals surface area contributed by atoms with E-state index >= 15 is 0 Å². The van der Waals surface area contributed by atoms with Crippen molar-refractivity contribution in [1.82, 2.24) is 15.5 Å². The molecule has 1 aliphatic heterocycles. The Bertz CT molecular complexity index is 419. The van der Waals surface area contributed by atoms with Gasteiger partial charge in [-0.1, -0.05) is 24.3 Å². The van der Waals surface area contributed by atoms with Crippen LogP contribution in [0.25, 0.3) is 0 Å². The molecule has 1 saturated heterocycles. The fourth-order valence-corrected chi connectivity index (χ4v) is 2.35. The molecule has 1 heterocycles. The van der Waals surface area contributed by atoms with Gasteiger partial charge in [-0.25, -0.2) is 0 Å². The molecule has 0 aliphatic carbocycles. The van der Waals surface area contributed by atoms with Crippen LogP contribution >= 0.6 is 0 Å². The molecule has 5 heteroatoms. The second-order valence-electron chi connectivity index (χ2n) is 4.78. The number of amides is 1. The molecule has 3 N–H and O–H groups in total. The molecule has 1 aromatic carbocycles. The Morgan fingerprint density at radius 3 is 2.74 bits per heavy atom. The standard InChI is InChI=1S/C14H21N3O2/c1-15-14(19)13-8-16-6-7-17(13)9-11-2-4-12(10-18)5-3-11/h2-5,13,16,18H,6-10H2,1H3,(H,15,19). The average Bonchev–Trinajstić information content (AvgIpc) is 2.48. The van der Waals surface area contributed by atoms with Crippen molar-refractivity contribution in [2.75, 3.05) is 26.7 Å². The summed E-state index contributed by atoms with van der Waals surface area (Å²) in [7, 11) is 1.67. The third kappa shape index (κ3) is 3.53. The first kappa shape index (κ1) is 14.0. The first-order valence-electron chi connectivity index (χ1n) is 6.59. The highest BCUT2D eigenvalue weighted by Crippen LogP contribution is 2.12. The van der Waals surface area contributed by atoms with Crippen LogP contribution in [0, 0.1) is 0 Å². The Hall–Kier alpha value is -1.43. The lowest BCUT2D eigenvalue weighted by molar-refractivity contribution is -0.126. The minimum Gasteiger partial charge on any atom is -0.392 e. The molecule has 1 unspecified atom stereocenters. The van der Waals surface area contributed by atoms with Crippen LogP contribution in [-0.2, 0) is 17.9 Å². The number of aliphatic hydroxyl groups is 1. The number of nitrogens with one attached hydrogen (secondary N) is 2. The summed E-state index contributed by atoms with van der Waals surface area (Å²) < 4.78 is 0. The van der Waals surface area contributed by atoms with Gasteiger partial charge in [0.25, 0.3) is 0 Å². The predicted octanol–water partition coefficient (Wildman–Crippen LogP) is -0.301. The minimum atomic E-state index is -0.115. The summed E-state index contributed by atoms with van der Waals surface area (Å²) in [6.07, 6.45) is 0. The van der Waals surface area contributed by atoms with Gasteiger partial charge in [0.2, 0.25) is 5.91 Å². The number of aliphatic hydroxyl groups excluding tert-OH is 1. The van der Waals surface area contributed by atoms with Gasteiger partial charge in [-0.15, -0.1) is 0 Å². The Labute approximate surface area is 113 Å². The molecule has 1 aliphatic rings. The molecular weight excluding hydrogens is 242 g/mol. The Morgan fingerprint density at radius 2 is 2.11 bits per heavy atom. The van der Waals surface area contributed by atoms with E-state index in [2.05, 4.69) is 15.5 Å². The maximum absolute atomic E-state index is 11.8. The zero-order valence-electron chi connectivity index (χ0n) is 11.2. The van der Waals surface area contributed by atoms with E-state index in [4.69, 9.17) is 5.11 Å². The molecule has 0 saturated carbocycles. The van der Waals surface area contributed by atoms with Crippen molar-refractivity contribution in [2.45, 2.75) is 19.2 Å². The molecule has 1 fully saturated rings.